The van der Waals surface area contributed by atoms with Gasteiger partial charge in [-0.1, -0.05) is 36.7 Å². The van der Waals surface area contributed by atoms with E-state index in [1.807, 2.05) is 19.1 Å². The lowest BCUT2D eigenvalue weighted by Crippen LogP contribution is -2.24. The molecule has 0 saturated carbocycles. The van der Waals surface area contributed by atoms with Gasteiger partial charge < -0.3 is 15.4 Å². The normalized spacial score (nSPS) is 15.2. The van der Waals surface area contributed by atoms with Crippen LogP contribution in [0.1, 0.15) is 25.1 Å². The molecule has 0 bridgehead atoms. The minimum Gasteiger partial charge on any atom is -0.406 e. The molecule has 2 heterocycles. The van der Waals surface area contributed by atoms with Crippen LogP contribution in [0.5, 0.6) is 5.75 Å². The number of carbonyl (C=O) groups is 2. The SMILES string of the molecule is CCc1nn2c(c1-c1ccc(Cl)cc1)NC(=O)C2CC(=O)Nc1cccc(OC(F)(F)F)c1. The van der Waals surface area contributed by atoms with Gasteiger partial charge in [0.1, 0.15) is 17.6 Å². The van der Waals surface area contributed by atoms with Gasteiger partial charge >= 0.3 is 6.36 Å². The number of aromatic nitrogens is 2. The van der Waals surface area contributed by atoms with E-state index in [4.69, 9.17) is 11.6 Å². The molecule has 4 rings (SSSR count). The van der Waals surface area contributed by atoms with Crippen LogP contribution in [0.2, 0.25) is 5.02 Å². The van der Waals surface area contributed by atoms with E-state index >= 15 is 0 Å². The third-order valence-corrected chi connectivity index (χ3v) is 5.27. The number of fused-ring (bicyclic) bond motifs is 1. The van der Waals surface area contributed by atoms with Crippen molar-refractivity contribution in [3.8, 4) is 16.9 Å². The smallest absolute Gasteiger partial charge is 0.406 e. The van der Waals surface area contributed by atoms with Crippen molar-refractivity contribution in [1.82, 2.24) is 9.78 Å². The largest absolute Gasteiger partial charge is 0.573 e. The van der Waals surface area contributed by atoms with E-state index in [2.05, 4.69) is 20.5 Å². The molecule has 0 aliphatic carbocycles. The Labute approximate surface area is 191 Å². The van der Waals surface area contributed by atoms with Crippen LogP contribution >= 0.6 is 11.6 Å². The molecule has 3 aromatic rings. The number of hydrogen-bond donors (Lipinski definition) is 2. The summed E-state index contributed by atoms with van der Waals surface area (Å²) in [5, 5.41) is 10.4. The van der Waals surface area contributed by atoms with E-state index in [0.29, 0.717) is 17.3 Å². The zero-order chi connectivity index (χ0) is 23.8. The highest BCUT2D eigenvalue weighted by molar-refractivity contribution is 6.30. The Hall–Kier alpha value is -3.53. The molecular weight excluding hydrogens is 461 g/mol. The highest BCUT2D eigenvalue weighted by Crippen LogP contribution is 2.39. The van der Waals surface area contributed by atoms with Gasteiger partial charge in [-0.25, -0.2) is 4.68 Å². The van der Waals surface area contributed by atoms with Gasteiger partial charge in [0, 0.05) is 22.3 Å². The fourth-order valence-electron chi connectivity index (χ4n) is 3.64. The highest BCUT2D eigenvalue weighted by atomic mass is 35.5. The molecule has 1 unspecified atom stereocenters. The lowest BCUT2D eigenvalue weighted by molar-refractivity contribution is -0.274. The second-order valence-corrected chi connectivity index (χ2v) is 7.74. The van der Waals surface area contributed by atoms with Gasteiger partial charge in [0.25, 0.3) is 5.91 Å². The molecule has 1 aliphatic rings. The van der Waals surface area contributed by atoms with Crippen molar-refractivity contribution in [2.24, 2.45) is 0 Å². The number of aryl methyl sites for hydroxylation is 1. The number of halogens is 4. The van der Waals surface area contributed by atoms with E-state index < -0.39 is 30.0 Å². The molecule has 0 saturated heterocycles. The maximum atomic E-state index is 12.6. The molecule has 0 radical (unpaired) electrons. The van der Waals surface area contributed by atoms with E-state index in [-0.39, 0.29) is 12.1 Å². The number of carbonyl (C=O) groups excluding carboxylic acids is 2. The summed E-state index contributed by atoms with van der Waals surface area (Å²) in [5.74, 6) is -0.945. The second-order valence-electron chi connectivity index (χ2n) is 7.31. The zero-order valence-electron chi connectivity index (χ0n) is 17.2. The van der Waals surface area contributed by atoms with E-state index in [1.165, 1.54) is 16.8 Å². The third-order valence-electron chi connectivity index (χ3n) is 5.02. The Bertz CT molecular complexity index is 1210. The Morgan fingerprint density at radius 2 is 1.97 bits per heavy atom. The topological polar surface area (TPSA) is 85.2 Å². The minimum absolute atomic E-state index is 0.108. The Kier molecular flexibility index (Phi) is 6.03. The Balaban J connectivity index is 1.54. The van der Waals surface area contributed by atoms with Crippen LogP contribution in [0.15, 0.2) is 48.5 Å². The van der Waals surface area contributed by atoms with E-state index in [0.717, 1.165) is 29.0 Å². The van der Waals surface area contributed by atoms with Crippen molar-refractivity contribution in [3.63, 3.8) is 0 Å². The Morgan fingerprint density at radius 3 is 2.64 bits per heavy atom. The molecule has 1 aliphatic heterocycles. The van der Waals surface area contributed by atoms with Crippen LogP contribution in [0.4, 0.5) is 24.7 Å². The fraction of sp³-hybridized carbons (Fsp3) is 0.227. The molecule has 7 nitrogen and oxygen atoms in total. The number of alkyl halides is 3. The lowest BCUT2D eigenvalue weighted by Gasteiger charge is -2.12. The van der Waals surface area contributed by atoms with Crippen LogP contribution in [0, 0.1) is 0 Å². The van der Waals surface area contributed by atoms with Crippen LogP contribution in [-0.2, 0) is 16.0 Å². The molecular formula is C22H18ClF3N4O3. The molecule has 0 spiro atoms. The highest BCUT2D eigenvalue weighted by Gasteiger charge is 2.37. The van der Waals surface area contributed by atoms with Crippen LogP contribution in [0.3, 0.4) is 0 Å². The van der Waals surface area contributed by atoms with Gasteiger partial charge in [0.2, 0.25) is 5.91 Å². The first-order valence-corrected chi connectivity index (χ1v) is 10.4. The van der Waals surface area contributed by atoms with Crippen molar-refractivity contribution in [2.45, 2.75) is 32.2 Å². The van der Waals surface area contributed by atoms with Crippen molar-refractivity contribution < 1.29 is 27.5 Å². The van der Waals surface area contributed by atoms with Gasteiger partial charge in [0.05, 0.1) is 12.1 Å². The summed E-state index contributed by atoms with van der Waals surface area (Å²) in [5.41, 5.74) is 2.43. The van der Waals surface area contributed by atoms with Crippen molar-refractivity contribution in [2.75, 3.05) is 10.6 Å². The average Bonchev–Trinajstić information content (AvgIpc) is 3.23. The molecule has 172 valence electrons. The quantitative estimate of drug-likeness (QED) is 0.511. The average molecular weight is 479 g/mol. The second kappa shape index (κ2) is 8.78. The molecule has 0 fully saturated rings. The predicted octanol–water partition coefficient (Wildman–Crippen LogP) is 5.19. The fourth-order valence-corrected chi connectivity index (χ4v) is 3.77. The maximum absolute atomic E-state index is 12.6. The zero-order valence-corrected chi connectivity index (χ0v) is 18.0. The lowest BCUT2D eigenvalue weighted by atomic mass is 10.0. The van der Waals surface area contributed by atoms with Gasteiger partial charge in [0.15, 0.2) is 0 Å². The molecule has 11 heteroatoms. The van der Waals surface area contributed by atoms with Crippen LogP contribution in [-0.4, -0.2) is 28.0 Å². The summed E-state index contributed by atoms with van der Waals surface area (Å²) in [6, 6.07) is 11.1. The number of nitrogens with zero attached hydrogens (tertiary/aromatic N) is 2. The summed E-state index contributed by atoms with van der Waals surface area (Å²) in [6.07, 6.45) is -4.51. The summed E-state index contributed by atoms with van der Waals surface area (Å²) in [4.78, 5) is 25.2. The number of amides is 2. The molecule has 33 heavy (non-hydrogen) atoms. The monoisotopic (exact) mass is 478 g/mol. The van der Waals surface area contributed by atoms with E-state index in [9.17, 15) is 22.8 Å². The summed E-state index contributed by atoms with van der Waals surface area (Å²) < 4.78 is 42.6. The van der Waals surface area contributed by atoms with Gasteiger partial charge in [-0.3, -0.25) is 9.59 Å². The number of rotatable bonds is 6. The standard InChI is InChI=1S/C22H18ClF3N4O3/c1-2-16-19(12-6-8-13(23)9-7-12)20-28-21(32)17(30(20)29-16)11-18(31)27-14-4-3-5-15(10-14)33-22(24,25)26/h3-10,17H,2,11H2,1H3,(H,27,31)(H,28,32). The number of benzene rings is 2. The number of nitrogens with one attached hydrogen (secondary N) is 2. The van der Waals surface area contributed by atoms with Crippen molar-refractivity contribution >= 4 is 34.9 Å². The summed E-state index contributed by atoms with van der Waals surface area (Å²) >= 11 is 5.98. The molecule has 1 aromatic heterocycles. The maximum Gasteiger partial charge on any atom is 0.573 e. The van der Waals surface area contributed by atoms with Gasteiger partial charge in [-0.2, -0.15) is 5.10 Å². The Morgan fingerprint density at radius 1 is 1.24 bits per heavy atom. The van der Waals surface area contributed by atoms with Crippen molar-refractivity contribution in [3.05, 3.63) is 59.2 Å². The van der Waals surface area contributed by atoms with Crippen LogP contribution < -0.4 is 15.4 Å². The first kappa shape index (κ1) is 22.7. The third kappa shape index (κ3) is 4.95. The number of ether oxygens (including phenoxy) is 1. The molecule has 1 atom stereocenters. The summed E-state index contributed by atoms with van der Waals surface area (Å²) in [6.45, 7) is 1.93. The number of anilines is 2. The van der Waals surface area contributed by atoms with Gasteiger partial charge in [-0.15, -0.1) is 13.2 Å². The summed E-state index contributed by atoms with van der Waals surface area (Å²) in [7, 11) is 0. The van der Waals surface area contributed by atoms with E-state index in [1.54, 1.807) is 12.1 Å². The first-order chi connectivity index (χ1) is 15.6. The molecule has 2 N–H and O–H groups in total. The molecule has 2 amide bonds. The molecule has 2 aromatic carbocycles. The number of hydrogen-bond acceptors (Lipinski definition) is 4. The first-order valence-electron chi connectivity index (χ1n) is 9.98. The van der Waals surface area contributed by atoms with Crippen molar-refractivity contribution in [1.29, 1.82) is 0 Å². The van der Waals surface area contributed by atoms with Crippen LogP contribution in [0.25, 0.3) is 11.1 Å². The predicted molar refractivity (Wildman–Crippen MR) is 116 cm³/mol. The van der Waals surface area contributed by atoms with Gasteiger partial charge in [-0.05, 0) is 36.2 Å². The minimum atomic E-state index is -4.85.